The van der Waals surface area contributed by atoms with Crippen molar-refractivity contribution in [3.05, 3.63) is 29.8 Å². The first-order valence-corrected chi connectivity index (χ1v) is 8.26. The predicted octanol–water partition coefficient (Wildman–Crippen LogP) is 4.21. The molecular formula is C18H28N2O. The van der Waals surface area contributed by atoms with E-state index in [0.717, 1.165) is 30.0 Å². The fraction of sp³-hybridized carbons (Fsp3) is 0.611. The van der Waals surface area contributed by atoms with E-state index in [-0.39, 0.29) is 5.91 Å². The monoisotopic (exact) mass is 288 g/mol. The fourth-order valence-corrected chi connectivity index (χ4v) is 3.10. The molecule has 0 heterocycles. The first-order valence-electron chi connectivity index (χ1n) is 8.26. The van der Waals surface area contributed by atoms with Crippen molar-refractivity contribution in [2.45, 2.75) is 65.0 Å². The van der Waals surface area contributed by atoms with E-state index >= 15 is 0 Å². The summed E-state index contributed by atoms with van der Waals surface area (Å²) in [4.78, 5) is 12.5. The summed E-state index contributed by atoms with van der Waals surface area (Å²) in [7, 11) is 0. The lowest BCUT2D eigenvalue weighted by molar-refractivity contribution is 0.0922. The highest BCUT2D eigenvalue weighted by Crippen LogP contribution is 2.27. The van der Waals surface area contributed by atoms with Gasteiger partial charge in [0.2, 0.25) is 0 Å². The molecule has 1 fully saturated rings. The Bertz CT molecular complexity index is 462. The van der Waals surface area contributed by atoms with Gasteiger partial charge >= 0.3 is 0 Å². The number of hydrogen-bond donors (Lipinski definition) is 2. The molecule has 1 amide bonds. The second-order valence-corrected chi connectivity index (χ2v) is 6.44. The quantitative estimate of drug-likeness (QED) is 0.852. The van der Waals surface area contributed by atoms with Gasteiger partial charge in [0.15, 0.2) is 0 Å². The van der Waals surface area contributed by atoms with Crippen LogP contribution in [0.15, 0.2) is 24.3 Å². The van der Waals surface area contributed by atoms with Crippen molar-refractivity contribution in [3.8, 4) is 0 Å². The Morgan fingerprint density at radius 1 is 1.19 bits per heavy atom. The van der Waals surface area contributed by atoms with E-state index in [4.69, 9.17) is 0 Å². The Hall–Kier alpha value is -1.51. The molecule has 1 aliphatic rings. The average molecular weight is 288 g/mol. The number of anilines is 1. The molecule has 0 atom stereocenters. The zero-order valence-corrected chi connectivity index (χ0v) is 13.5. The first-order chi connectivity index (χ1) is 10.1. The van der Waals surface area contributed by atoms with Gasteiger partial charge in [0.1, 0.15) is 0 Å². The van der Waals surface area contributed by atoms with Gasteiger partial charge in [-0.1, -0.05) is 25.5 Å². The molecule has 0 aliphatic heterocycles. The molecule has 116 valence electrons. The predicted molar refractivity (Wildman–Crippen MR) is 88.7 cm³/mol. The molecule has 0 saturated heterocycles. The number of hydrogen-bond acceptors (Lipinski definition) is 2. The highest BCUT2D eigenvalue weighted by Gasteiger charge is 2.22. The number of para-hydroxylation sites is 1. The second-order valence-electron chi connectivity index (χ2n) is 6.44. The molecule has 1 saturated carbocycles. The van der Waals surface area contributed by atoms with E-state index in [2.05, 4.69) is 31.4 Å². The van der Waals surface area contributed by atoms with Crippen LogP contribution in [0.25, 0.3) is 0 Å². The maximum absolute atomic E-state index is 12.5. The van der Waals surface area contributed by atoms with Gasteiger partial charge < -0.3 is 10.6 Å². The number of rotatable bonds is 5. The molecule has 0 aromatic heterocycles. The average Bonchev–Trinajstić information content (AvgIpc) is 2.48. The number of carbonyl (C=O) groups excluding carboxylic acids is 1. The second kappa shape index (κ2) is 7.48. The third-order valence-corrected chi connectivity index (χ3v) is 4.38. The molecule has 21 heavy (non-hydrogen) atoms. The summed E-state index contributed by atoms with van der Waals surface area (Å²) >= 11 is 0. The topological polar surface area (TPSA) is 41.1 Å². The van der Waals surface area contributed by atoms with Crippen LogP contribution in [0.3, 0.4) is 0 Å². The van der Waals surface area contributed by atoms with Crippen molar-refractivity contribution in [1.82, 2.24) is 5.32 Å². The standard InChI is InChI=1S/C18H28N2O/c1-4-14-9-11-15(12-10-14)20-18(21)16-7-5-6-8-17(16)19-13(2)3/h5-8,13-15,19H,4,9-12H2,1-3H3,(H,20,21). The van der Waals surface area contributed by atoms with Gasteiger partial charge in [-0.2, -0.15) is 0 Å². The lowest BCUT2D eigenvalue weighted by atomic mass is 9.84. The Kier molecular flexibility index (Phi) is 5.66. The van der Waals surface area contributed by atoms with E-state index in [1.807, 2.05) is 24.3 Å². The normalized spacial score (nSPS) is 22.1. The van der Waals surface area contributed by atoms with Gasteiger partial charge in [0, 0.05) is 17.8 Å². The molecule has 0 unspecified atom stereocenters. The summed E-state index contributed by atoms with van der Waals surface area (Å²) in [6.07, 6.45) is 5.98. The third-order valence-electron chi connectivity index (χ3n) is 4.38. The highest BCUT2D eigenvalue weighted by molar-refractivity contribution is 5.99. The Morgan fingerprint density at radius 3 is 2.48 bits per heavy atom. The zero-order valence-electron chi connectivity index (χ0n) is 13.5. The smallest absolute Gasteiger partial charge is 0.253 e. The molecule has 0 bridgehead atoms. The van der Waals surface area contributed by atoms with E-state index in [1.165, 1.54) is 19.3 Å². The summed E-state index contributed by atoms with van der Waals surface area (Å²) in [6.45, 7) is 6.43. The summed E-state index contributed by atoms with van der Waals surface area (Å²) in [5, 5.41) is 6.56. The Balaban J connectivity index is 1.97. The first kappa shape index (κ1) is 15.9. The minimum atomic E-state index is 0.0544. The summed E-state index contributed by atoms with van der Waals surface area (Å²) in [6, 6.07) is 8.43. The van der Waals surface area contributed by atoms with Crippen molar-refractivity contribution < 1.29 is 4.79 Å². The van der Waals surface area contributed by atoms with Crippen LogP contribution in [0.5, 0.6) is 0 Å². The number of amides is 1. The van der Waals surface area contributed by atoms with Crippen LogP contribution in [0, 0.1) is 5.92 Å². The van der Waals surface area contributed by atoms with Crippen LogP contribution in [-0.2, 0) is 0 Å². The van der Waals surface area contributed by atoms with Crippen LogP contribution in [0.4, 0.5) is 5.69 Å². The van der Waals surface area contributed by atoms with Crippen LogP contribution in [-0.4, -0.2) is 18.0 Å². The summed E-state index contributed by atoms with van der Waals surface area (Å²) in [5.41, 5.74) is 1.68. The van der Waals surface area contributed by atoms with Crippen molar-refractivity contribution in [2.24, 2.45) is 5.92 Å². The summed E-state index contributed by atoms with van der Waals surface area (Å²) in [5.74, 6) is 0.909. The Labute approximate surface area is 128 Å². The van der Waals surface area contributed by atoms with E-state index < -0.39 is 0 Å². The van der Waals surface area contributed by atoms with Crippen molar-refractivity contribution in [2.75, 3.05) is 5.32 Å². The van der Waals surface area contributed by atoms with Gasteiger partial charge in [-0.3, -0.25) is 4.79 Å². The van der Waals surface area contributed by atoms with Crippen LogP contribution >= 0.6 is 0 Å². The number of nitrogens with one attached hydrogen (secondary N) is 2. The molecule has 1 aliphatic carbocycles. The molecule has 0 radical (unpaired) electrons. The highest BCUT2D eigenvalue weighted by atomic mass is 16.1. The van der Waals surface area contributed by atoms with E-state index in [1.54, 1.807) is 0 Å². The van der Waals surface area contributed by atoms with Crippen LogP contribution < -0.4 is 10.6 Å². The molecule has 3 heteroatoms. The molecule has 2 rings (SSSR count). The molecule has 1 aromatic rings. The van der Waals surface area contributed by atoms with Crippen LogP contribution in [0.2, 0.25) is 0 Å². The van der Waals surface area contributed by atoms with Crippen molar-refractivity contribution >= 4 is 11.6 Å². The van der Waals surface area contributed by atoms with E-state index in [0.29, 0.717) is 12.1 Å². The lowest BCUT2D eigenvalue weighted by Crippen LogP contribution is -2.38. The fourth-order valence-electron chi connectivity index (χ4n) is 3.10. The molecule has 0 spiro atoms. The van der Waals surface area contributed by atoms with Crippen molar-refractivity contribution in [1.29, 1.82) is 0 Å². The maximum atomic E-state index is 12.5. The lowest BCUT2D eigenvalue weighted by Gasteiger charge is -2.28. The molecular weight excluding hydrogens is 260 g/mol. The van der Waals surface area contributed by atoms with Gasteiger partial charge in [0.05, 0.1) is 5.56 Å². The zero-order chi connectivity index (χ0) is 15.2. The van der Waals surface area contributed by atoms with Gasteiger partial charge in [0.25, 0.3) is 5.91 Å². The van der Waals surface area contributed by atoms with Crippen molar-refractivity contribution in [3.63, 3.8) is 0 Å². The number of carbonyl (C=O) groups is 1. The molecule has 3 nitrogen and oxygen atoms in total. The largest absolute Gasteiger partial charge is 0.382 e. The SMILES string of the molecule is CCC1CCC(NC(=O)c2ccccc2NC(C)C)CC1. The molecule has 1 aromatic carbocycles. The van der Waals surface area contributed by atoms with Gasteiger partial charge in [-0.25, -0.2) is 0 Å². The van der Waals surface area contributed by atoms with Gasteiger partial charge in [-0.05, 0) is 57.6 Å². The minimum Gasteiger partial charge on any atom is -0.382 e. The third kappa shape index (κ3) is 4.48. The summed E-state index contributed by atoms with van der Waals surface area (Å²) < 4.78 is 0. The van der Waals surface area contributed by atoms with E-state index in [9.17, 15) is 4.79 Å². The maximum Gasteiger partial charge on any atom is 0.253 e. The number of benzene rings is 1. The molecule has 2 N–H and O–H groups in total. The van der Waals surface area contributed by atoms with Crippen LogP contribution in [0.1, 0.15) is 63.2 Å². The van der Waals surface area contributed by atoms with Gasteiger partial charge in [-0.15, -0.1) is 0 Å². The Morgan fingerprint density at radius 2 is 1.86 bits per heavy atom. The minimum absolute atomic E-state index is 0.0544.